The molecule has 0 aliphatic heterocycles. The van der Waals surface area contributed by atoms with Gasteiger partial charge in [-0.3, -0.25) is 4.79 Å². The van der Waals surface area contributed by atoms with Crippen molar-refractivity contribution in [3.63, 3.8) is 0 Å². The SMILES string of the molecule is Cc1cc(OCCNC(=O)Cc2cccc(F)c2)ccc1Cl. The van der Waals surface area contributed by atoms with Crippen molar-refractivity contribution in [2.24, 2.45) is 0 Å². The quantitative estimate of drug-likeness (QED) is 0.827. The Kier molecular flexibility index (Phi) is 5.78. The summed E-state index contributed by atoms with van der Waals surface area (Å²) < 4.78 is 18.5. The van der Waals surface area contributed by atoms with Crippen LogP contribution in [0.4, 0.5) is 4.39 Å². The van der Waals surface area contributed by atoms with Crippen LogP contribution in [0.25, 0.3) is 0 Å². The minimum Gasteiger partial charge on any atom is -0.492 e. The molecule has 0 aliphatic rings. The predicted molar refractivity (Wildman–Crippen MR) is 84.8 cm³/mol. The third-order valence-electron chi connectivity index (χ3n) is 3.08. The van der Waals surface area contributed by atoms with Crippen LogP contribution in [0.3, 0.4) is 0 Å². The lowest BCUT2D eigenvalue weighted by Crippen LogP contribution is -2.29. The van der Waals surface area contributed by atoms with E-state index in [0.29, 0.717) is 29.5 Å². The van der Waals surface area contributed by atoms with Gasteiger partial charge in [-0.05, 0) is 48.4 Å². The first-order valence-electron chi connectivity index (χ1n) is 6.94. The van der Waals surface area contributed by atoms with E-state index < -0.39 is 0 Å². The predicted octanol–water partition coefficient (Wildman–Crippen LogP) is 3.53. The van der Waals surface area contributed by atoms with E-state index in [4.69, 9.17) is 16.3 Å². The molecule has 0 saturated carbocycles. The summed E-state index contributed by atoms with van der Waals surface area (Å²) in [7, 11) is 0. The molecule has 0 aliphatic carbocycles. The van der Waals surface area contributed by atoms with Gasteiger partial charge in [0.2, 0.25) is 5.91 Å². The van der Waals surface area contributed by atoms with Gasteiger partial charge in [-0.1, -0.05) is 23.7 Å². The van der Waals surface area contributed by atoms with Gasteiger partial charge in [-0.25, -0.2) is 4.39 Å². The third-order valence-corrected chi connectivity index (χ3v) is 3.50. The molecule has 0 saturated heterocycles. The maximum atomic E-state index is 13.0. The van der Waals surface area contributed by atoms with Crippen molar-refractivity contribution in [1.29, 1.82) is 0 Å². The smallest absolute Gasteiger partial charge is 0.224 e. The Morgan fingerprint density at radius 1 is 1.27 bits per heavy atom. The highest BCUT2D eigenvalue weighted by Crippen LogP contribution is 2.20. The zero-order valence-electron chi connectivity index (χ0n) is 12.2. The fourth-order valence-electron chi connectivity index (χ4n) is 1.96. The number of ether oxygens (including phenoxy) is 1. The first-order valence-corrected chi connectivity index (χ1v) is 7.32. The van der Waals surface area contributed by atoms with Crippen molar-refractivity contribution in [2.45, 2.75) is 13.3 Å². The monoisotopic (exact) mass is 321 g/mol. The van der Waals surface area contributed by atoms with Crippen molar-refractivity contribution in [3.05, 3.63) is 64.4 Å². The van der Waals surface area contributed by atoms with E-state index in [1.165, 1.54) is 12.1 Å². The molecule has 0 bridgehead atoms. The highest BCUT2D eigenvalue weighted by molar-refractivity contribution is 6.31. The zero-order chi connectivity index (χ0) is 15.9. The minimum atomic E-state index is -0.341. The summed E-state index contributed by atoms with van der Waals surface area (Å²) in [5.74, 6) is 0.203. The Balaban J connectivity index is 1.72. The van der Waals surface area contributed by atoms with E-state index in [2.05, 4.69) is 5.32 Å². The van der Waals surface area contributed by atoms with Crippen molar-refractivity contribution in [1.82, 2.24) is 5.32 Å². The molecule has 0 spiro atoms. The lowest BCUT2D eigenvalue weighted by molar-refractivity contribution is -0.120. The van der Waals surface area contributed by atoms with Crippen molar-refractivity contribution in [3.8, 4) is 5.75 Å². The number of aryl methyl sites for hydroxylation is 1. The van der Waals surface area contributed by atoms with Gasteiger partial charge in [0.25, 0.3) is 0 Å². The van der Waals surface area contributed by atoms with Crippen LogP contribution in [0.2, 0.25) is 5.02 Å². The molecule has 1 N–H and O–H groups in total. The Morgan fingerprint density at radius 3 is 2.82 bits per heavy atom. The first kappa shape index (κ1) is 16.3. The summed E-state index contributed by atoms with van der Waals surface area (Å²) in [4.78, 5) is 11.7. The molecule has 5 heteroatoms. The normalized spacial score (nSPS) is 10.3. The van der Waals surface area contributed by atoms with Crippen LogP contribution in [0, 0.1) is 12.7 Å². The average Bonchev–Trinajstić information content (AvgIpc) is 2.47. The van der Waals surface area contributed by atoms with Gasteiger partial charge in [-0.2, -0.15) is 0 Å². The number of hydrogen-bond donors (Lipinski definition) is 1. The summed E-state index contributed by atoms with van der Waals surface area (Å²) in [6, 6.07) is 11.4. The Morgan fingerprint density at radius 2 is 2.09 bits per heavy atom. The third kappa shape index (κ3) is 5.04. The van der Waals surface area contributed by atoms with Crippen LogP contribution in [0.1, 0.15) is 11.1 Å². The standard InChI is InChI=1S/C17H17ClFNO2/c1-12-9-15(5-6-16(12)18)22-8-7-20-17(21)11-13-3-2-4-14(19)10-13/h2-6,9-10H,7-8,11H2,1H3,(H,20,21). The highest BCUT2D eigenvalue weighted by atomic mass is 35.5. The van der Waals surface area contributed by atoms with Crippen molar-refractivity contribution in [2.75, 3.05) is 13.2 Å². The number of rotatable bonds is 6. The van der Waals surface area contributed by atoms with Gasteiger partial charge in [0.05, 0.1) is 13.0 Å². The lowest BCUT2D eigenvalue weighted by atomic mass is 10.1. The van der Waals surface area contributed by atoms with E-state index in [-0.39, 0.29) is 18.1 Å². The van der Waals surface area contributed by atoms with Gasteiger partial charge in [0, 0.05) is 5.02 Å². The van der Waals surface area contributed by atoms with Crippen LogP contribution >= 0.6 is 11.6 Å². The minimum absolute atomic E-state index is 0.151. The van der Waals surface area contributed by atoms with Crippen LogP contribution in [0.5, 0.6) is 5.75 Å². The largest absolute Gasteiger partial charge is 0.492 e. The fourth-order valence-corrected chi connectivity index (χ4v) is 2.08. The molecule has 0 atom stereocenters. The molecule has 0 heterocycles. The van der Waals surface area contributed by atoms with E-state index in [1.807, 2.05) is 13.0 Å². The maximum Gasteiger partial charge on any atom is 0.224 e. The van der Waals surface area contributed by atoms with Crippen molar-refractivity contribution >= 4 is 17.5 Å². The molecule has 116 valence electrons. The second-order valence-corrected chi connectivity index (χ2v) is 5.32. The molecular formula is C17H17ClFNO2. The van der Waals surface area contributed by atoms with Crippen LogP contribution in [0.15, 0.2) is 42.5 Å². The summed E-state index contributed by atoms with van der Waals surface area (Å²) in [5, 5.41) is 3.42. The lowest BCUT2D eigenvalue weighted by Gasteiger charge is -2.09. The summed E-state index contributed by atoms with van der Waals surface area (Å²) >= 11 is 5.93. The van der Waals surface area contributed by atoms with Gasteiger partial charge in [0.15, 0.2) is 0 Å². The molecule has 2 rings (SSSR count). The second kappa shape index (κ2) is 7.80. The number of hydrogen-bond acceptors (Lipinski definition) is 2. The summed E-state index contributed by atoms with van der Waals surface area (Å²) in [6.45, 7) is 2.64. The molecule has 2 aromatic carbocycles. The first-order chi connectivity index (χ1) is 10.5. The summed E-state index contributed by atoms with van der Waals surface area (Å²) in [5.41, 5.74) is 1.58. The van der Waals surface area contributed by atoms with Crippen molar-refractivity contribution < 1.29 is 13.9 Å². The van der Waals surface area contributed by atoms with E-state index in [1.54, 1.807) is 24.3 Å². The molecule has 0 fully saturated rings. The molecule has 1 amide bonds. The Bertz CT molecular complexity index is 661. The van der Waals surface area contributed by atoms with Gasteiger partial charge >= 0.3 is 0 Å². The summed E-state index contributed by atoms with van der Waals surface area (Å²) in [6.07, 6.45) is 0.151. The molecule has 2 aromatic rings. The maximum absolute atomic E-state index is 13.0. The molecule has 0 aromatic heterocycles. The van der Waals surface area contributed by atoms with Gasteiger partial charge < -0.3 is 10.1 Å². The highest BCUT2D eigenvalue weighted by Gasteiger charge is 2.04. The van der Waals surface area contributed by atoms with E-state index in [0.717, 1.165) is 5.56 Å². The molecule has 0 radical (unpaired) electrons. The average molecular weight is 322 g/mol. The van der Waals surface area contributed by atoms with E-state index in [9.17, 15) is 9.18 Å². The molecule has 3 nitrogen and oxygen atoms in total. The molecular weight excluding hydrogens is 305 g/mol. The fraction of sp³-hybridized carbons (Fsp3) is 0.235. The van der Waals surface area contributed by atoms with Crippen LogP contribution in [-0.4, -0.2) is 19.1 Å². The number of halogens is 2. The van der Waals surface area contributed by atoms with E-state index >= 15 is 0 Å². The topological polar surface area (TPSA) is 38.3 Å². The van der Waals surface area contributed by atoms with Gasteiger partial charge in [0.1, 0.15) is 18.2 Å². The van der Waals surface area contributed by atoms with Gasteiger partial charge in [-0.15, -0.1) is 0 Å². The molecule has 22 heavy (non-hydrogen) atoms. The number of benzene rings is 2. The number of nitrogens with one attached hydrogen (secondary N) is 1. The van der Waals surface area contributed by atoms with Crippen LogP contribution in [-0.2, 0) is 11.2 Å². The molecule has 0 unspecified atom stereocenters. The Hall–Kier alpha value is -2.07. The Labute approximate surface area is 134 Å². The number of amides is 1. The number of carbonyl (C=O) groups excluding carboxylic acids is 1. The number of carbonyl (C=O) groups is 1. The van der Waals surface area contributed by atoms with Crippen LogP contribution < -0.4 is 10.1 Å². The second-order valence-electron chi connectivity index (χ2n) is 4.92. The zero-order valence-corrected chi connectivity index (χ0v) is 13.0.